The van der Waals surface area contributed by atoms with Crippen molar-refractivity contribution in [2.24, 2.45) is 0 Å². The number of ether oxygens (including phenoxy) is 1. The number of methoxy groups -OCH3 is 1. The fraction of sp³-hybridized carbons (Fsp3) is 0.462. The lowest BCUT2D eigenvalue weighted by Gasteiger charge is -2.36. The molecule has 4 heteroatoms. The van der Waals surface area contributed by atoms with Gasteiger partial charge in [-0.2, -0.15) is 0 Å². The van der Waals surface area contributed by atoms with Crippen molar-refractivity contribution >= 4 is 17.4 Å². The molecule has 0 radical (unpaired) electrons. The molecule has 1 aliphatic carbocycles. The zero-order valence-electron chi connectivity index (χ0n) is 9.63. The van der Waals surface area contributed by atoms with E-state index in [0.717, 1.165) is 0 Å². The summed E-state index contributed by atoms with van der Waals surface area (Å²) in [5, 5.41) is 0.365. The Morgan fingerprint density at radius 3 is 2.53 bits per heavy atom. The lowest BCUT2D eigenvalue weighted by molar-refractivity contribution is -0.128. The minimum atomic E-state index is -0.678. The molecular weight excluding hydrogens is 243 g/mol. The second-order valence-electron chi connectivity index (χ2n) is 4.36. The Hall–Kier alpha value is -0.930. The minimum Gasteiger partial charge on any atom is -0.373 e. The molecule has 92 valence electrons. The Balaban J connectivity index is 2.37. The number of rotatable bonds is 2. The summed E-state index contributed by atoms with van der Waals surface area (Å²) in [6, 6.07) is 4.59. The molecule has 1 aromatic rings. The molecule has 0 amide bonds. The predicted octanol–water partition coefficient (Wildman–Crippen LogP) is 3.46. The summed E-state index contributed by atoms with van der Waals surface area (Å²) in [6.45, 7) is 0. The maximum absolute atomic E-state index is 13.9. The maximum Gasteiger partial charge on any atom is 0.133 e. The SMILES string of the molecule is COC1(c2ccc(Cl)cc2F)CCC(=O)CC1. The van der Waals surface area contributed by atoms with Crippen molar-refractivity contribution in [3.63, 3.8) is 0 Å². The molecule has 0 bridgehead atoms. The molecular formula is C13H14ClFO2. The van der Waals surface area contributed by atoms with Crippen LogP contribution in [0, 0.1) is 5.82 Å². The molecule has 1 saturated carbocycles. The van der Waals surface area contributed by atoms with Gasteiger partial charge in [0.25, 0.3) is 0 Å². The van der Waals surface area contributed by atoms with Crippen LogP contribution in [-0.2, 0) is 15.1 Å². The Morgan fingerprint density at radius 2 is 2.00 bits per heavy atom. The highest BCUT2D eigenvalue weighted by Crippen LogP contribution is 2.40. The third kappa shape index (κ3) is 2.35. The molecule has 0 heterocycles. The van der Waals surface area contributed by atoms with E-state index in [9.17, 15) is 9.18 Å². The zero-order valence-corrected chi connectivity index (χ0v) is 10.4. The number of hydrogen-bond acceptors (Lipinski definition) is 2. The van der Waals surface area contributed by atoms with E-state index < -0.39 is 5.60 Å². The molecule has 1 aromatic carbocycles. The molecule has 2 rings (SSSR count). The lowest BCUT2D eigenvalue weighted by Crippen LogP contribution is -2.34. The van der Waals surface area contributed by atoms with E-state index in [1.165, 1.54) is 6.07 Å². The first-order valence-corrected chi connectivity index (χ1v) is 5.97. The Kier molecular flexibility index (Phi) is 3.50. The number of Topliss-reactive ketones (excluding diaryl/α,β-unsaturated/α-hetero) is 1. The fourth-order valence-corrected chi connectivity index (χ4v) is 2.53. The molecule has 0 aromatic heterocycles. The normalized spacial score (nSPS) is 19.4. The Morgan fingerprint density at radius 1 is 1.35 bits per heavy atom. The summed E-state index contributed by atoms with van der Waals surface area (Å²) in [5.74, 6) is -0.152. The number of benzene rings is 1. The molecule has 1 aliphatic rings. The molecule has 0 unspecified atom stereocenters. The highest BCUT2D eigenvalue weighted by molar-refractivity contribution is 6.30. The van der Waals surface area contributed by atoms with Gasteiger partial charge in [-0.15, -0.1) is 0 Å². The number of halogens is 2. The average molecular weight is 257 g/mol. The topological polar surface area (TPSA) is 26.3 Å². The van der Waals surface area contributed by atoms with E-state index >= 15 is 0 Å². The van der Waals surface area contributed by atoms with Gasteiger partial charge in [-0.3, -0.25) is 4.79 Å². The van der Waals surface area contributed by atoms with Crippen molar-refractivity contribution < 1.29 is 13.9 Å². The van der Waals surface area contributed by atoms with Gasteiger partial charge in [-0.1, -0.05) is 17.7 Å². The number of carbonyl (C=O) groups excluding carboxylic acids is 1. The average Bonchev–Trinajstić information content (AvgIpc) is 2.31. The van der Waals surface area contributed by atoms with Crippen LogP contribution in [0.5, 0.6) is 0 Å². The van der Waals surface area contributed by atoms with Gasteiger partial charge in [0.05, 0.1) is 5.60 Å². The summed E-state index contributed by atoms with van der Waals surface area (Å²) < 4.78 is 19.4. The first kappa shape index (κ1) is 12.5. The second-order valence-corrected chi connectivity index (χ2v) is 4.80. The second kappa shape index (κ2) is 4.75. The van der Waals surface area contributed by atoms with Crippen LogP contribution in [0.1, 0.15) is 31.2 Å². The number of carbonyl (C=O) groups is 1. The van der Waals surface area contributed by atoms with Gasteiger partial charge < -0.3 is 4.74 Å². The van der Waals surface area contributed by atoms with E-state index in [4.69, 9.17) is 16.3 Å². The lowest BCUT2D eigenvalue weighted by atomic mass is 9.78. The van der Waals surface area contributed by atoms with Gasteiger partial charge in [0.15, 0.2) is 0 Å². The van der Waals surface area contributed by atoms with Gasteiger partial charge in [0.2, 0.25) is 0 Å². The summed E-state index contributed by atoms with van der Waals surface area (Å²) in [4.78, 5) is 11.3. The Labute approximate surface area is 105 Å². The monoisotopic (exact) mass is 256 g/mol. The van der Waals surface area contributed by atoms with E-state index in [2.05, 4.69) is 0 Å². The molecule has 1 fully saturated rings. The first-order valence-electron chi connectivity index (χ1n) is 5.60. The van der Waals surface area contributed by atoms with Crippen molar-refractivity contribution in [2.45, 2.75) is 31.3 Å². The van der Waals surface area contributed by atoms with Crippen LogP contribution in [0.3, 0.4) is 0 Å². The molecule has 2 nitrogen and oxygen atoms in total. The molecule has 0 N–H and O–H groups in total. The first-order chi connectivity index (χ1) is 8.07. The van der Waals surface area contributed by atoms with Crippen LogP contribution in [0.2, 0.25) is 5.02 Å². The summed E-state index contributed by atoms with van der Waals surface area (Å²) in [6.07, 6.45) is 1.94. The van der Waals surface area contributed by atoms with Gasteiger partial charge in [0, 0.05) is 30.5 Å². The molecule has 17 heavy (non-hydrogen) atoms. The van der Waals surface area contributed by atoms with Crippen molar-refractivity contribution in [3.05, 3.63) is 34.6 Å². The van der Waals surface area contributed by atoms with Crippen molar-refractivity contribution in [2.75, 3.05) is 7.11 Å². The summed E-state index contributed by atoms with van der Waals surface area (Å²) in [7, 11) is 1.56. The maximum atomic E-state index is 13.9. The number of hydrogen-bond donors (Lipinski definition) is 0. The van der Waals surface area contributed by atoms with Crippen LogP contribution < -0.4 is 0 Å². The fourth-order valence-electron chi connectivity index (χ4n) is 2.38. The van der Waals surface area contributed by atoms with Crippen LogP contribution in [0.25, 0.3) is 0 Å². The van der Waals surface area contributed by atoms with E-state index in [1.54, 1.807) is 19.2 Å². The van der Waals surface area contributed by atoms with Crippen LogP contribution >= 0.6 is 11.6 Å². The Bertz CT molecular complexity index is 435. The molecule has 0 saturated heterocycles. The van der Waals surface area contributed by atoms with Crippen LogP contribution in [-0.4, -0.2) is 12.9 Å². The standard InChI is InChI=1S/C13H14ClFO2/c1-17-13(6-4-10(16)5-7-13)11-3-2-9(14)8-12(11)15/h2-3,8H,4-7H2,1H3. The van der Waals surface area contributed by atoms with Gasteiger partial charge in [-0.25, -0.2) is 4.39 Å². The third-order valence-electron chi connectivity index (χ3n) is 3.43. The predicted molar refractivity (Wildman–Crippen MR) is 63.6 cm³/mol. The third-order valence-corrected chi connectivity index (χ3v) is 3.66. The quantitative estimate of drug-likeness (QED) is 0.810. The van der Waals surface area contributed by atoms with Crippen molar-refractivity contribution in [1.82, 2.24) is 0 Å². The van der Waals surface area contributed by atoms with E-state index in [1.807, 2.05) is 0 Å². The zero-order chi connectivity index (χ0) is 12.5. The molecule has 0 atom stereocenters. The summed E-state index contributed by atoms with van der Waals surface area (Å²) in [5.41, 5.74) is -0.181. The van der Waals surface area contributed by atoms with Crippen LogP contribution in [0.4, 0.5) is 4.39 Å². The van der Waals surface area contributed by atoms with Crippen molar-refractivity contribution in [1.29, 1.82) is 0 Å². The highest BCUT2D eigenvalue weighted by Gasteiger charge is 2.38. The minimum absolute atomic E-state index is 0.215. The van der Waals surface area contributed by atoms with Gasteiger partial charge >= 0.3 is 0 Å². The van der Waals surface area contributed by atoms with Crippen molar-refractivity contribution in [3.8, 4) is 0 Å². The molecule has 0 spiro atoms. The van der Waals surface area contributed by atoms with Gasteiger partial charge in [-0.05, 0) is 25.0 Å². The van der Waals surface area contributed by atoms with E-state index in [-0.39, 0.29) is 11.6 Å². The van der Waals surface area contributed by atoms with E-state index in [0.29, 0.717) is 36.3 Å². The van der Waals surface area contributed by atoms with Crippen LogP contribution in [0.15, 0.2) is 18.2 Å². The summed E-state index contributed by atoms with van der Waals surface area (Å²) >= 11 is 5.73. The smallest absolute Gasteiger partial charge is 0.133 e. The number of ketones is 1. The largest absolute Gasteiger partial charge is 0.373 e. The highest BCUT2D eigenvalue weighted by atomic mass is 35.5. The molecule has 0 aliphatic heterocycles. The van der Waals surface area contributed by atoms with Gasteiger partial charge in [0.1, 0.15) is 11.6 Å².